The van der Waals surface area contributed by atoms with Gasteiger partial charge in [0.1, 0.15) is 23.8 Å². The molecule has 0 aliphatic rings. The van der Waals surface area contributed by atoms with E-state index >= 15 is 0 Å². The third-order valence-electron chi connectivity index (χ3n) is 2.83. The maximum absolute atomic E-state index is 13.8. The molecule has 2 rings (SSSR count). The second-order valence-electron chi connectivity index (χ2n) is 4.06. The molecule has 0 amide bonds. The molecular weight excluding hydrogens is 248 g/mol. The van der Waals surface area contributed by atoms with E-state index in [4.69, 9.17) is 0 Å². The molecule has 0 fully saturated rings. The van der Waals surface area contributed by atoms with Crippen molar-refractivity contribution in [2.75, 3.05) is 11.9 Å². The van der Waals surface area contributed by atoms with E-state index in [1.807, 2.05) is 13.8 Å². The number of anilines is 1. The summed E-state index contributed by atoms with van der Waals surface area (Å²) >= 11 is 0. The van der Waals surface area contributed by atoms with Crippen LogP contribution < -0.4 is 5.32 Å². The van der Waals surface area contributed by atoms with Crippen molar-refractivity contribution < 1.29 is 8.78 Å². The first-order valence-electron chi connectivity index (χ1n) is 6.20. The smallest absolute Gasteiger partial charge is 0.133 e. The van der Waals surface area contributed by atoms with E-state index in [1.165, 1.54) is 6.33 Å². The molecule has 5 heteroatoms. The Morgan fingerprint density at radius 1 is 1.16 bits per heavy atom. The van der Waals surface area contributed by atoms with Gasteiger partial charge in [-0.3, -0.25) is 0 Å². The molecule has 0 aliphatic heterocycles. The Labute approximate surface area is 110 Å². The highest BCUT2D eigenvalue weighted by Crippen LogP contribution is 2.28. The molecule has 2 aromatic rings. The fourth-order valence-electron chi connectivity index (χ4n) is 1.98. The molecule has 0 bridgehead atoms. The molecule has 1 aromatic heterocycles. The van der Waals surface area contributed by atoms with Gasteiger partial charge in [-0.05, 0) is 31.5 Å². The van der Waals surface area contributed by atoms with Crippen molar-refractivity contribution >= 4 is 5.82 Å². The number of nitrogens with one attached hydrogen (secondary N) is 1. The first-order valence-corrected chi connectivity index (χ1v) is 6.20. The van der Waals surface area contributed by atoms with Crippen molar-refractivity contribution in [3.8, 4) is 11.3 Å². The molecule has 1 aromatic carbocycles. The molecule has 0 aliphatic carbocycles. The van der Waals surface area contributed by atoms with Gasteiger partial charge in [-0.2, -0.15) is 0 Å². The fraction of sp³-hybridized carbons (Fsp3) is 0.286. The predicted octanol–water partition coefficient (Wildman–Crippen LogP) is 3.42. The summed E-state index contributed by atoms with van der Waals surface area (Å²) in [6.45, 7) is 4.58. The zero-order valence-electron chi connectivity index (χ0n) is 10.9. The lowest BCUT2D eigenvalue weighted by molar-refractivity contribution is 0.602. The Morgan fingerprint density at radius 3 is 2.63 bits per heavy atom. The number of rotatable bonds is 4. The third-order valence-corrected chi connectivity index (χ3v) is 2.83. The minimum Gasteiger partial charge on any atom is -0.370 e. The Bertz CT molecular complexity index is 585. The molecule has 100 valence electrons. The highest BCUT2D eigenvalue weighted by molar-refractivity contribution is 5.68. The van der Waals surface area contributed by atoms with Crippen LogP contribution in [-0.4, -0.2) is 16.5 Å². The number of nitrogens with zero attached hydrogens (tertiary/aromatic N) is 2. The Morgan fingerprint density at radius 2 is 1.95 bits per heavy atom. The normalized spacial score (nSPS) is 10.5. The highest BCUT2D eigenvalue weighted by Gasteiger charge is 2.15. The van der Waals surface area contributed by atoms with Gasteiger partial charge in [0.25, 0.3) is 0 Å². The standard InChI is InChI=1S/C14H15F2N3/c1-3-10-13(18-8-19-14(10)17-4-2)11-7-9(15)5-6-12(11)16/h5-8H,3-4H2,1-2H3,(H,17,18,19). The van der Waals surface area contributed by atoms with Crippen LogP contribution in [0.25, 0.3) is 11.3 Å². The molecule has 0 atom stereocenters. The van der Waals surface area contributed by atoms with E-state index in [9.17, 15) is 8.78 Å². The monoisotopic (exact) mass is 263 g/mol. The largest absolute Gasteiger partial charge is 0.370 e. The molecule has 3 nitrogen and oxygen atoms in total. The van der Waals surface area contributed by atoms with Crippen molar-refractivity contribution in [3.05, 3.63) is 41.7 Å². The predicted molar refractivity (Wildman–Crippen MR) is 70.9 cm³/mol. The fourth-order valence-corrected chi connectivity index (χ4v) is 1.98. The summed E-state index contributed by atoms with van der Waals surface area (Å²) in [6, 6.07) is 3.36. The maximum Gasteiger partial charge on any atom is 0.133 e. The first-order chi connectivity index (χ1) is 9.17. The van der Waals surface area contributed by atoms with Crippen molar-refractivity contribution in [1.82, 2.24) is 9.97 Å². The molecule has 0 unspecified atom stereocenters. The molecule has 1 N–H and O–H groups in total. The first kappa shape index (κ1) is 13.4. The van der Waals surface area contributed by atoms with Gasteiger partial charge >= 0.3 is 0 Å². The van der Waals surface area contributed by atoms with E-state index in [2.05, 4.69) is 15.3 Å². The van der Waals surface area contributed by atoms with Crippen LogP contribution in [0.2, 0.25) is 0 Å². The van der Waals surface area contributed by atoms with Crippen molar-refractivity contribution in [1.29, 1.82) is 0 Å². The van der Waals surface area contributed by atoms with Gasteiger partial charge in [-0.1, -0.05) is 6.92 Å². The van der Waals surface area contributed by atoms with Crippen LogP contribution in [0.5, 0.6) is 0 Å². The number of hydrogen-bond donors (Lipinski definition) is 1. The molecule has 1 heterocycles. The molecule has 19 heavy (non-hydrogen) atoms. The van der Waals surface area contributed by atoms with Gasteiger partial charge < -0.3 is 5.32 Å². The van der Waals surface area contributed by atoms with Gasteiger partial charge in [0.05, 0.1) is 5.69 Å². The summed E-state index contributed by atoms with van der Waals surface area (Å²) in [5.74, 6) is -0.307. The van der Waals surface area contributed by atoms with Gasteiger partial charge in [-0.25, -0.2) is 18.7 Å². The zero-order valence-corrected chi connectivity index (χ0v) is 10.9. The number of halogens is 2. The molecule has 0 spiro atoms. The van der Waals surface area contributed by atoms with Crippen molar-refractivity contribution in [2.24, 2.45) is 0 Å². The van der Waals surface area contributed by atoms with E-state index in [-0.39, 0.29) is 5.56 Å². The lowest BCUT2D eigenvalue weighted by atomic mass is 10.0. The Hall–Kier alpha value is -2.04. The second-order valence-corrected chi connectivity index (χ2v) is 4.06. The maximum atomic E-state index is 13.8. The van der Waals surface area contributed by atoms with E-state index < -0.39 is 11.6 Å². The van der Waals surface area contributed by atoms with Gasteiger partial charge in [0.2, 0.25) is 0 Å². The minimum atomic E-state index is -0.489. The SMILES string of the molecule is CCNc1ncnc(-c2cc(F)ccc2F)c1CC. The Kier molecular flexibility index (Phi) is 4.04. The average Bonchev–Trinajstić information content (AvgIpc) is 2.41. The molecule has 0 radical (unpaired) electrons. The van der Waals surface area contributed by atoms with Crippen LogP contribution in [0.15, 0.2) is 24.5 Å². The lowest BCUT2D eigenvalue weighted by Crippen LogP contribution is -2.06. The summed E-state index contributed by atoms with van der Waals surface area (Å²) < 4.78 is 27.1. The topological polar surface area (TPSA) is 37.8 Å². The summed E-state index contributed by atoms with van der Waals surface area (Å²) in [5, 5.41) is 3.10. The number of benzene rings is 1. The summed E-state index contributed by atoms with van der Waals surface area (Å²) in [7, 11) is 0. The highest BCUT2D eigenvalue weighted by atomic mass is 19.1. The summed E-state index contributed by atoms with van der Waals surface area (Å²) in [6.07, 6.45) is 1.99. The summed E-state index contributed by atoms with van der Waals surface area (Å²) in [5.41, 5.74) is 1.39. The van der Waals surface area contributed by atoms with Crippen LogP contribution in [0.4, 0.5) is 14.6 Å². The van der Waals surface area contributed by atoms with Crippen LogP contribution in [-0.2, 0) is 6.42 Å². The van der Waals surface area contributed by atoms with Crippen LogP contribution in [0, 0.1) is 11.6 Å². The van der Waals surface area contributed by atoms with Crippen LogP contribution in [0.3, 0.4) is 0 Å². The Balaban J connectivity index is 2.61. The van der Waals surface area contributed by atoms with Gasteiger partial charge in [-0.15, -0.1) is 0 Å². The number of aromatic nitrogens is 2. The molecule has 0 saturated heterocycles. The van der Waals surface area contributed by atoms with Gasteiger partial charge in [0.15, 0.2) is 0 Å². The van der Waals surface area contributed by atoms with Crippen molar-refractivity contribution in [2.45, 2.75) is 20.3 Å². The quantitative estimate of drug-likeness (QED) is 0.918. The third kappa shape index (κ3) is 2.70. The zero-order chi connectivity index (χ0) is 13.8. The lowest BCUT2D eigenvalue weighted by Gasteiger charge is -2.12. The van der Waals surface area contributed by atoms with E-state index in [0.29, 0.717) is 24.5 Å². The summed E-state index contributed by atoms with van der Waals surface area (Å²) in [4.78, 5) is 8.25. The van der Waals surface area contributed by atoms with E-state index in [1.54, 1.807) is 0 Å². The van der Waals surface area contributed by atoms with Crippen LogP contribution >= 0.6 is 0 Å². The average molecular weight is 263 g/mol. The van der Waals surface area contributed by atoms with Crippen molar-refractivity contribution in [3.63, 3.8) is 0 Å². The second kappa shape index (κ2) is 5.73. The van der Waals surface area contributed by atoms with Crippen LogP contribution in [0.1, 0.15) is 19.4 Å². The van der Waals surface area contributed by atoms with E-state index in [0.717, 1.165) is 23.8 Å². The number of hydrogen-bond acceptors (Lipinski definition) is 3. The molecular formula is C14H15F2N3. The molecule has 0 saturated carbocycles. The van der Waals surface area contributed by atoms with Gasteiger partial charge in [0, 0.05) is 17.7 Å². The minimum absolute atomic E-state index is 0.165.